The highest BCUT2D eigenvalue weighted by Gasteiger charge is 2.34. The predicted molar refractivity (Wildman–Crippen MR) is 67.2 cm³/mol. The Balaban J connectivity index is 2.58. The first kappa shape index (κ1) is 13.0. The highest BCUT2D eigenvalue weighted by Crippen LogP contribution is 2.30. The molecule has 1 aliphatic heterocycles. The molecule has 4 atom stereocenters. The summed E-state index contributed by atoms with van der Waals surface area (Å²) >= 11 is 0. The van der Waals surface area contributed by atoms with E-state index in [-0.39, 0.29) is 0 Å². The molecule has 1 rings (SSSR count). The normalized spacial score (nSPS) is 31.8. The van der Waals surface area contributed by atoms with Crippen molar-refractivity contribution in [2.45, 2.75) is 65.1 Å². The van der Waals surface area contributed by atoms with E-state index in [4.69, 9.17) is 0 Å². The van der Waals surface area contributed by atoms with E-state index in [0.29, 0.717) is 6.04 Å². The van der Waals surface area contributed by atoms with E-state index in [0.717, 1.165) is 24.5 Å². The molecule has 1 N–H and O–H groups in total. The number of hydrogen-bond acceptors (Lipinski definition) is 2. The molecule has 90 valence electrons. The van der Waals surface area contributed by atoms with E-state index in [1.165, 1.54) is 19.3 Å². The van der Waals surface area contributed by atoms with Gasteiger partial charge in [0.15, 0.2) is 0 Å². The second-order valence-corrected chi connectivity index (χ2v) is 5.21. The van der Waals surface area contributed by atoms with Gasteiger partial charge in [0.1, 0.15) is 0 Å². The van der Waals surface area contributed by atoms with Crippen molar-refractivity contribution in [1.29, 1.82) is 0 Å². The molecule has 0 bridgehead atoms. The van der Waals surface area contributed by atoms with Crippen molar-refractivity contribution >= 4 is 0 Å². The van der Waals surface area contributed by atoms with E-state index in [9.17, 15) is 0 Å². The Hall–Kier alpha value is -0.0800. The minimum absolute atomic E-state index is 0.708. The van der Waals surface area contributed by atoms with Crippen LogP contribution in [0.5, 0.6) is 0 Å². The Bertz CT molecular complexity index is 181. The lowest BCUT2D eigenvalue weighted by Crippen LogP contribution is -2.46. The standard InChI is InChI=1S/C13H28N2/c1-6-13-8-7-11(3)15(13)12(4)10(2)9-14-5/h10-14H,6-9H2,1-5H3. The van der Waals surface area contributed by atoms with Crippen molar-refractivity contribution in [3.05, 3.63) is 0 Å². The van der Waals surface area contributed by atoms with Crippen LogP contribution in [0, 0.1) is 5.92 Å². The molecule has 1 fully saturated rings. The topological polar surface area (TPSA) is 15.3 Å². The molecule has 1 heterocycles. The molecule has 0 aromatic rings. The van der Waals surface area contributed by atoms with Crippen LogP contribution in [0.15, 0.2) is 0 Å². The average molecular weight is 212 g/mol. The molecule has 4 unspecified atom stereocenters. The fourth-order valence-electron chi connectivity index (χ4n) is 3.03. The van der Waals surface area contributed by atoms with Gasteiger partial charge < -0.3 is 5.32 Å². The minimum Gasteiger partial charge on any atom is -0.319 e. The Labute approximate surface area is 95.4 Å². The molecule has 0 aromatic heterocycles. The highest BCUT2D eigenvalue weighted by atomic mass is 15.2. The van der Waals surface area contributed by atoms with Crippen molar-refractivity contribution < 1.29 is 0 Å². The Morgan fingerprint density at radius 2 is 2.00 bits per heavy atom. The van der Waals surface area contributed by atoms with Crippen LogP contribution in [-0.4, -0.2) is 36.6 Å². The third-order valence-corrected chi connectivity index (χ3v) is 4.14. The van der Waals surface area contributed by atoms with Crippen LogP contribution in [0.3, 0.4) is 0 Å². The Morgan fingerprint density at radius 3 is 2.53 bits per heavy atom. The van der Waals surface area contributed by atoms with Crippen molar-refractivity contribution in [2.24, 2.45) is 5.92 Å². The van der Waals surface area contributed by atoms with E-state index >= 15 is 0 Å². The number of nitrogens with zero attached hydrogens (tertiary/aromatic N) is 1. The van der Waals surface area contributed by atoms with Crippen LogP contribution in [0.1, 0.15) is 47.0 Å². The second kappa shape index (κ2) is 5.86. The first-order valence-electron chi connectivity index (χ1n) is 6.53. The van der Waals surface area contributed by atoms with Crippen molar-refractivity contribution in [3.63, 3.8) is 0 Å². The molecule has 0 amide bonds. The highest BCUT2D eigenvalue weighted by molar-refractivity contribution is 4.89. The van der Waals surface area contributed by atoms with Gasteiger partial charge in [0, 0.05) is 18.1 Å². The van der Waals surface area contributed by atoms with Gasteiger partial charge in [0.2, 0.25) is 0 Å². The van der Waals surface area contributed by atoms with Gasteiger partial charge in [0.05, 0.1) is 0 Å². The summed E-state index contributed by atoms with van der Waals surface area (Å²) in [5.74, 6) is 0.740. The summed E-state index contributed by atoms with van der Waals surface area (Å²) in [6.45, 7) is 10.6. The van der Waals surface area contributed by atoms with Gasteiger partial charge in [-0.05, 0) is 52.6 Å². The van der Waals surface area contributed by atoms with Gasteiger partial charge >= 0.3 is 0 Å². The molecule has 0 saturated carbocycles. The number of likely N-dealkylation sites (tertiary alicyclic amines) is 1. The minimum atomic E-state index is 0.708. The zero-order valence-corrected chi connectivity index (χ0v) is 11.1. The van der Waals surface area contributed by atoms with E-state index < -0.39 is 0 Å². The van der Waals surface area contributed by atoms with Crippen LogP contribution in [0.2, 0.25) is 0 Å². The predicted octanol–water partition coefficient (Wildman–Crippen LogP) is 2.49. The second-order valence-electron chi connectivity index (χ2n) is 5.21. The molecule has 15 heavy (non-hydrogen) atoms. The summed E-state index contributed by atoms with van der Waals surface area (Å²) in [6.07, 6.45) is 4.09. The van der Waals surface area contributed by atoms with Gasteiger partial charge in [-0.2, -0.15) is 0 Å². The Kier molecular flexibility index (Phi) is 5.07. The SMILES string of the molecule is CCC1CCC(C)N1C(C)C(C)CNC. The third kappa shape index (κ3) is 2.94. The average Bonchev–Trinajstić information content (AvgIpc) is 2.58. The molecule has 0 aromatic carbocycles. The maximum Gasteiger partial charge on any atom is 0.0110 e. The van der Waals surface area contributed by atoms with Crippen LogP contribution < -0.4 is 5.32 Å². The lowest BCUT2D eigenvalue weighted by molar-refractivity contribution is 0.107. The molecule has 0 radical (unpaired) electrons. The molecule has 2 heteroatoms. The van der Waals surface area contributed by atoms with Gasteiger partial charge in [-0.3, -0.25) is 4.90 Å². The molecule has 0 spiro atoms. The van der Waals surface area contributed by atoms with E-state index in [2.05, 4.69) is 37.9 Å². The lowest BCUT2D eigenvalue weighted by Gasteiger charge is -2.37. The summed E-state index contributed by atoms with van der Waals surface area (Å²) in [6, 6.07) is 2.32. The van der Waals surface area contributed by atoms with Crippen LogP contribution in [-0.2, 0) is 0 Å². The molecule has 0 aliphatic carbocycles. The Morgan fingerprint density at radius 1 is 1.33 bits per heavy atom. The maximum atomic E-state index is 3.29. The van der Waals surface area contributed by atoms with Crippen molar-refractivity contribution in [1.82, 2.24) is 10.2 Å². The summed E-state index contributed by atoms with van der Waals surface area (Å²) in [5.41, 5.74) is 0. The third-order valence-electron chi connectivity index (χ3n) is 4.14. The van der Waals surface area contributed by atoms with Crippen molar-refractivity contribution in [2.75, 3.05) is 13.6 Å². The van der Waals surface area contributed by atoms with Gasteiger partial charge in [-0.1, -0.05) is 13.8 Å². The fraction of sp³-hybridized carbons (Fsp3) is 1.00. The maximum absolute atomic E-state index is 3.29. The molecule has 1 aliphatic rings. The van der Waals surface area contributed by atoms with Gasteiger partial charge in [-0.15, -0.1) is 0 Å². The monoisotopic (exact) mass is 212 g/mol. The quantitative estimate of drug-likeness (QED) is 0.753. The molecule has 2 nitrogen and oxygen atoms in total. The summed E-state index contributed by atoms with van der Waals surface area (Å²) in [4.78, 5) is 2.75. The van der Waals surface area contributed by atoms with E-state index in [1.54, 1.807) is 0 Å². The van der Waals surface area contributed by atoms with Crippen LogP contribution in [0.25, 0.3) is 0 Å². The van der Waals surface area contributed by atoms with Crippen LogP contribution >= 0.6 is 0 Å². The number of hydrogen-bond donors (Lipinski definition) is 1. The molecular formula is C13H28N2. The van der Waals surface area contributed by atoms with Crippen molar-refractivity contribution in [3.8, 4) is 0 Å². The summed E-state index contributed by atoms with van der Waals surface area (Å²) in [5, 5.41) is 3.29. The number of nitrogens with one attached hydrogen (secondary N) is 1. The summed E-state index contributed by atoms with van der Waals surface area (Å²) < 4.78 is 0. The van der Waals surface area contributed by atoms with Gasteiger partial charge in [-0.25, -0.2) is 0 Å². The van der Waals surface area contributed by atoms with Gasteiger partial charge in [0.25, 0.3) is 0 Å². The number of rotatable bonds is 5. The first-order chi connectivity index (χ1) is 7.11. The molecule has 1 saturated heterocycles. The smallest absolute Gasteiger partial charge is 0.0110 e. The zero-order chi connectivity index (χ0) is 11.4. The first-order valence-corrected chi connectivity index (χ1v) is 6.53. The summed E-state index contributed by atoms with van der Waals surface area (Å²) in [7, 11) is 2.05. The zero-order valence-electron chi connectivity index (χ0n) is 11.1. The fourth-order valence-corrected chi connectivity index (χ4v) is 3.03. The molecular weight excluding hydrogens is 184 g/mol. The van der Waals surface area contributed by atoms with Crippen LogP contribution in [0.4, 0.5) is 0 Å². The van der Waals surface area contributed by atoms with E-state index in [1.807, 2.05) is 7.05 Å². The largest absolute Gasteiger partial charge is 0.319 e. The lowest BCUT2D eigenvalue weighted by atomic mass is 10.00.